The standard InChI is InChI=1S/C26H33N5O4/c1-16-7-10-18(15-22(16)35-2)29-25(33)17-8-11-19(12-9-17)31-21-6-3-5-20(24(28)32)23(21)30(26(31)34)14-4-13-27/h3,5-7,10,15,17,19H,4,8-9,11-14,27H2,1-2H3,(H2,28,32)(H,29,33). The van der Waals surface area contributed by atoms with E-state index in [2.05, 4.69) is 5.32 Å². The van der Waals surface area contributed by atoms with Crippen molar-refractivity contribution in [1.82, 2.24) is 9.13 Å². The fourth-order valence-electron chi connectivity index (χ4n) is 5.08. The van der Waals surface area contributed by atoms with Crippen molar-refractivity contribution in [2.45, 2.75) is 51.6 Å². The van der Waals surface area contributed by atoms with Crippen molar-refractivity contribution >= 4 is 28.5 Å². The molecule has 0 spiro atoms. The Morgan fingerprint density at radius 3 is 2.54 bits per heavy atom. The van der Waals surface area contributed by atoms with E-state index in [1.807, 2.05) is 31.2 Å². The van der Waals surface area contributed by atoms with Crippen molar-refractivity contribution in [3.63, 3.8) is 0 Å². The molecule has 3 aromatic rings. The molecule has 5 N–H and O–H groups in total. The van der Waals surface area contributed by atoms with Gasteiger partial charge in [-0.3, -0.25) is 18.7 Å². The van der Waals surface area contributed by atoms with E-state index in [1.54, 1.807) is 28.4 Å². The second-order valence-electron chi connectivity index (χ2n) is 9.16. The van der Waals surface area contributed by atoms with Crippen LogP contribution in [0.1, 0.15) is 54.1 Å². The lowest BCUT2D eigenvalue weighted by molar-refractivity contribution is -0.121. The number of carbonyl (C=O) groups is 2. The van der Waals surface area contributed by atoms with Crippen LogP contribution in [0.3, 0.4) is 0 Å². The molecule has 9 heteroatoms. The number of hydrogen-bond acceptors (Lipinski definition) is 5. The van der Waals surface area contributed by atoms with Gasteiger partial charge in [0.15, 0.2) is 0 Å². The molecule has 2 aromatic carbocycles. The lowest BCUT2D eigenvalue weighted by Gasteiger charge is -2.28. The number of anilines is 1. The molecule has 4 rings (SSSR count). The number of para-hydroxylation sites is 1. The van der Waals surface area contributed by atoms with Gasteiger partial charge in [0, 0.05) is 30.3 Å². The van der Waals surface area contributed by atoms with Gasteiger partial charge in [0.25, 0.3) is 5.91 Å². The quantitative estimate of drug-likeness (QED) is 0.457. The molecular formula is C26H33N5O4. The monoisotopic (exact) mass is 479 g/mol. The molecule has 1 aromatic heterocycles. The van der Waals surface area contributed by atoms with Crippen LogP contribution in [0, 0.1) is 12.8 Å². The fraction of sp³-hybridized carbons (Fsp3) is 0.423. The smallest absolute Gasteiger partial charge is 0.329 e. The first-order chi connectivity index (χ1) is 16.8. The first kappa shape index (κ1) is 24.5. The number of primary amides is 1. The van der Waals surface area contributed by atoms with Gasteiger partial charge >= 0.3 is 5.69 Å². The third-order valence-electron chi connectivity index (χ3n) is 6.94. The highest BCUT2D eigenvalue weighted by Crippen LogP contribution is 2.35. The summed E-state index contributed by atoms with van der Waals surface area (Å²) >= 11 is 0. The third kappa shape index (κ3) is 4.81. The van der Waals surface area contributed by atoms with Crippen LogP contribution in [0.15, 0.2) is 41.2 Å². The van der Waals surface area contributed by atoms with Crippen molar-refractivity contribution < 1.29 is 14.3 Å². The zero-order valence-corrected chi connectivity index (χ0v) is 20.3. The number of aromatic nitrogens is 2. The van der Waals surface area contributed by atoms with Crippen molar-refractivity contribution in [3.8, 4) is 5.75 Å². The number of methoxy groups -OCH3 is 1. The van der Waals surface area contributed by atoms with Gasteiger partial charge in [0.1, 0.15) is 5.75 Å². The van der Waals surface area contributed by atoms with E-state index in [0.29, 0.717) is 67.5 Å². The SMILES string of the molecule is COc1cc(NC(=O)C2CCC(n3c(=O)n(CCCN)c4c(C(N)=O)cccc43)CC2)ccc1C. The largest absolute Gasteiger partial charge is 0.496 e. The van der Waals surface area contributed by atoms with E-state index < -0.39 is 5.91 Å². The van der Waals surface area contributed by atoms with Gasteiger partial charge < -0.3 is 21.5 Å². The number of benzene rings is 2. The van der Waals surface area contributed by atoms with Crippen LogP contribution in [0.4, 0.5) is 5.69 Å². The number of hydrogen-bond donors (Lipinski definition) is 3. The summed E-state index contributed by atoms with van der Waals surface area (Å²) in [7, 11) is 1.61. The number of imidazole rings is 1. The van der Waals surface area contributed by atoms with Crippen LogP contribution in [-0.2, 0) is 11.3 Å². The summed E-state index contributed by atoms with van der Waals surface area (Å²) < 4.78 is 8.74. The van der Waals surface area contributed by atoms with Crippen LogP contribution in [-0.4, -0.2) is 34.6 Å². The van der Waals surface area contributed by atoms with Crippen LogP contribution in [0.25, 0.3) is 11.0 Å². The lowest BCUT2D eigenvalue weighted by Crippen LogP contribution is -2.33. The Bertz CT molecular complexity index is 1300. The van der Waals surface area contributed by atoms with Gasteiger partial charge in [-0.1, -0.05) is 12.1 Å². The average Bonchev–Trinajstić information content (AvgIpc) is 3.14. The second-order valence-corrected chi connectivity index (χ2v) is 9.16. The number of nitrogens with two attached hydrogens (primary N) is 2. The molecule has 1 saturated carbocycles. The van der Waals surface area contributed by atoms with Crippen LogP contribution in [0.5, 0.6) is 5.75 Å². The zero-order valence-electron chi connectivity index (χ0n) is 20.3. The predicted molar refractivity (Wildman–Crippen MR) is 136 cm³/mol. The summed E-state index contributed by atoms with van der Waals surface area (Å²) in [5, 5.41) is 3.00. The minimum Gasteiger partial charge on any atom is -0.496 e. The number of amides is 2. The average molecular weight is 480 g/mol. The van der Waals surface area contributed by atoms with Crippen LogP contribution < -0.4 is 27.2 Å². The molecular weight excluding hydrogens is 446 g/mol. The molecule has 0 saturated heterocycles. The van der Waals surface area contributed by atoms with E-state index in [-0.39, 0.29) is 23.6 Å². The molecule has 1 fully saturated rings. The highest BCUT2D eigenvalue weighted by atomic mass is 16.5. The van der Waals surface area contributed by atoms with Crippen molar-refractivity contribution in [2.75, 3.05) is 19.0 Å². The number of fused-ring (bicyclic) bond motifs is 1. The Balaban J connectivity index is 1.55. The van der Waals surface area contributed by atoms with E-state index >= 15 is 0 Å². The van der Waals surface area contributed by atoms with Crippen LogP contribution >= 0.6 is 0 Å². The Morgan fingerprint density at radius 1 is 1.14 bits per heavy atom. The van der Waals surface area contributed by atoms with Gasteiger partial charge in [-0.25, -0.2) is 4.79 Å². The van der Waals surface area contributed by atoms with E-state index in [4.69, 9.17) is 16.2 Å². The first-order valence-corrected chi connectivity index (χ1v) is 12.0. The highest BCUT2D eigenvalue weighted by molar-refractivity contribution is 6.04. The van der Waals surface area contributed by atoms with Gasteiger partial charge in [0.05, 0.1) is 23.7 Å². The molecule has 9 nitrogen and oxygen atoms in total. The molecule has 1 aliphatic carbocycles. The molecule has 0 aliphatic heterocycles. The van der Waals surface area contributed by atoms with Gasteiger partial charge in [0.2, 0.25) is 5.91 Å². The number of nitrogens with zero attached hydrogens (tertiary/aromatic N) is 2. The van der Waals surface area contributed by atoms with Gasteiger partial charge in [-0.2, -0.15) is 0 Å². The number of ether oxygens (including phenoxy) is 1. The van der Waals surface area contributed by atoms with Crippen molar-refractivity contribution in [1.29, 1.82) is 0 Å². The van der Waals surface area contributed by atoms with Crippen molar-refractivity contribution in [2.24, 2.45) is 17.4 Å². The summed E-state index contributed by atoms with van der Waals surface area (Å²) in [6.45, 7) is 2.80. The van der Waals surface area contributed by atoms with Gasteiger partial charge in [-0.05, 0) is 69.3 Å². The summed E-state index contributed by atoms with van der Waals surface area (Å²) in [4.78, 5) is 38.5. The molecule has 2 amide bonds. The first-order valence-electron chi connectivity index (χ1n) is 12.0. The molecule has 0 bridgehead atoms. The zero-order chi connectivity index (χ0) is 25.1. The third-order valence-corrected chi connectivity index (χ3v) is 6.94. The maximum Gasteiger partial charge on any atom is 0.329 e. The lowest BCUT2D eigenvalue weighted by atomic mass is 9.85. The predicted octanol–water partition coefficient (Wildman–Crippen LogP) is 2.94. The summed E-state index contributed by atoms with van der Waals surface area (Å²) in [6.07, 6.45) is 3.31. The Kier molecular flexibility index (Phi) is 7.25. The minimum absolute atomic E-state index is 0.0249. The van der Waals surface area contributed by atoms with Gasteiger partial charge in [-0.15, -0.1) is 0 Å². The molecule has 1 aliphatic rings. The molecule has 0 atom stereocenters. The second kappa shape index (κ2) is 10.4. The summed E-state index contributed by atoms with van der Waals surface area (Å²) in [5.41, 5.74) is 14.4. The highest BCUT2D eigenvalue weighted by Gasteiger charge is 2.30. The molecule has 0 unspecified atom stereocenters. The fourth-order valence-corrected chi connectivity index (χ4v) is 5.08. The molecule has 186 valence electrons. The summed E-state index contributed by atoms with van der Waals surface area (Å²) in [6, 6.07) is 10.8. The maximum atomic E-state index is 13.5. The molecule has 1 heterocycles. The molecule has 35 heavy (non-hydrogen) atoms. The Labute approximate surface area is 204 Å². The number of nitrogens with one attached hydrogen (secondary N) is 1. The minimum atomic E-state index is -0.567. The van der Waals surface area contributed by atoms with Crippen molar-refractivity contribution in [3.05, 3.63) is 58.0 Å². The van der Waals surface area contributed by atoms with Crippen LogP contribution in [0.2, 0.25) is 0 Å². The van der Waals surface area contributed by atoms with E-state index in [9.17, 15) is 14.4 Å². The number of rotatable bonds is 8. The number of aryl methyl sites for hydroxylation is 2. The van der Waals surface area contributed by atoms with E-state index in [1.165, 1.54) is 0 Å². The topological polar surface area (TPSA) is 134 Å². The molecule has 0 radical (unpaired) electrons. The van der Waals surface area contributed by atoms with E-state index in [0.717, 1.165) is 11.3 Å². The Hall–Kier alpha value is -3.59. The Morgan fingerprint density at radius 2 is 1.89 bits per heavy atom. The summed E-state index contributed by atoms with van der Waals surface area (Å²) in [5.74, 6) is -0.00119. The maximum absolute atomic E-state index is 13.5. The normalized spacial score (nSPS) is 17.9. The number of carbonyl (C=O) groups excluding carboxylic acids is 2.